The standard InChI is InChI=1S/C46H36N4/c1-3-11-41(47)30-22-20-29(21-23-30)32-24-25-33-26-34-14-9-18-39(43(34)40(33)27-32)46-49-44(31-12-5-4-6-13-31)48-45(50-46)38-19-10-17-37-36-16-8-7-15-35(36)28(2)42(37)38/h3-5,7-12,14-22,24-25,27-28,30,33,40H,1,23,26,47H2,2H3/b41-11-. The largest absolute Gasteiger partial charge is 0.402 e. The van der Waals surface area contributed by atoms with Crippen LogP contribution in [0.2, 0.25) is 0 Å². The normalized spacial score (nSPS) is 21.3. The average Bonchev–Trinajstić information content (AvgIpc) is 3.70. The maximum atomic E-state index is 6.29. The van der Waals surface area contributed by atoms with Crippen molar-refractivity contribution in [2.45, 2.75) is 31.6 Å². The molecule has 0 saturated heterocycles. The van der Waals surface area contributed by atoms with Crippen molar-refractivity contribution in [2.24, 2.45) is 17.6 Å². The quantitative estimate of drug-likeness (QED) is 0.187. The Balaban J connectivity index is 1.16. The number of benzene rings is 3. The highest BCUT2D eigenvalue weighted by molar-refractivity contribution is 5.85. The molecule has 9 rings (SSSR count). The fourth-order valence-corrected chi connectivity index (χ4v) is 8.34. The van der Waals surface area contributed by atoms with Crippen LogP contribution in [-0.2, 0) is 6.42 Å². The predicted molar refractivity (Wildman–Crippen MR) is 202 cm³/mol. The molecule has 5 aromatic rings. The molecule has 4 unspecified atom stereocenters. The third-order valence-electron chi connectivity index (χ3n) is 10.8. The molecule has 0 amide bonds. The number of allylic oxidation sites excluding steroid dienone is 10. The van der Waals surface area contributed by atoms with Gasteiger partial charge in [-0.05, 0) is 81.5 Å². The molecule has 240 valence electrons. The van der Waals surface area contributed by atoms with Gasteiger partial charge in [-0.15, -0.1) is 0 Å². The van der Waals surface area contributed by atoms with E-state index in [-0.39, 0.29) is 17.8 Å². The third kappa shape index (κ3) is 4.97. The predicted octanol–water partition coefficient (Wildman–Crippen LogP) is 9.89. The monoisotopic (exact) mass is 644 g/mol. The van der Waals surface area contributed by atoms with Gasteiger partial charge in [-0.3, -0.25) is 0 Å². The Labute approximate surface area is 293 Å². The molecule has 4 aromatic carbocycles. The summed E-state index contributed by atoms with van der Waals surface area (Å²) in [6.07, 6.45) is 19.4. The van der Waals surface area contributed by atoms with Gasteiger partial charge in [-0.25, -0.2) is 15.0 Å². The number of aromatic nitrogens is 3. The van der Waals surface area contributed by atoms with Crippen LogP contribution in [0.3, 0.4) is 0 Å². The van der Waals surface area contributed by atoms with Gasteiger partial charge in [0.2, 0.25) is 0 Å². The molecule has 2 N–H and O–H groups in total. The van der Waals surface area contributed by atoms with E-state index in [1.165, 1.54) is 44.5 Å². The van der Waals surface area contributed by atoms with E-state index < -0.39 is 0 Å². The molecule has 0 radical (unpaired) electrons. The van der Waals surface area contributed by atoms with E-state index in [4.69, 9.17) is 20.7 Å². The molecule has 4 heteroatoms. The lowest BCUT2D eigenvalue weighted by molar-refractivity contribution is 0.627. The second-order valence-corrected chi connectivity index (χ2v) is 13.6. The van der Waals surface area contributed by atoms with E-state index in [0.717, 1.165) is 35.2 Å². The molecule has 1 aromatic heterocycles. The number of rotatable bonds is 6. The van der Waals surface area contributed by atoms with E-state index in [0.29, 0.717) is 23.4 Å². The maximum Gasteiger partial charge on any atom is 0.172 e. The number of nitrogens with two attached hydrogens (primary N) is 1. The number of hydrogen-bond donors (Lipinski definition) is 1. The molecule has 50 heavy (non-hydrogen) atoms. The maximum absolute atomic E-state index is 6.29. The number of fused-ring (bicyclic) bond motifs is 6. The number of nitrogens with zero attached hydrogens (tertiary/aromatic N) is 3. The van der Waals surface area contributed by atoms with E-state index in [1.807, 2.05) is 24.3 Å². The minimum Gasteiger partial charge on any atom is -0.402 e. The summed E-state index contributed by atoms with van der Waals surface area (Å²) in [4.78, 5) is 15.6. The first-order valence-electron chi connectivity index (χ1n) is 17.4. The van der Waals surface area contributed by atoms with Crippen molar-refractivity contribution in [2.75, 3.05) is 0 Å². The first kappa shape index (κ1) is 30.0. The summed E-state index contributed by atoms with van der Waals surface area (Å²) in [6, 6.07) is 34.0. The fourth-order valence-electron chi connectivity index (χ4n) is 8.34. The molecular weight excluding hydrogens is 609 g/mol. The third-order valence-corrected chi connectivity index (χ3v) is 10.8. The van der Waals surface area contributed by atoms with Crippen LogP contribution in [0.15, 0.2) is 151 Å². The van der Waals surface area contributed by atoms with Gasteiger partial charge < -0.3 is 5.73 Å². The van der Waals surface area contributed by atoms with Crippen molar-refractivity contribution in [3.05, 3.63) is 185 Å². The van der Waals surface area contributed by atoms with Crippen LogP contribution in [0.25, 0.3) is 45.3 Å². The highest BCUT2D eigenvalue weighted by atomic mass is 15.0. The van der Waals surface area contributed by atoms with Crippen LogP contribution in [0.5, 0.6) is 0 Å². The summed E-state index contributed by atoms with van der Waals surface area (Å²) in [5.41, 5.74) is 20.3. The van der Waals surface area contributed by atoms with Gasteiger partial charge in [0.25, 0.3) is 0 Å². The first-order chi connectivity index (χ1) is 24.6. The van der Waals surface area contributed by atoms with Gasteiger partial charge >= 0.3 is 0 Å². The lowest BCUT2D eigenvalue weighted by atomic mass is 9.81. The summed E-state index contributed by atoms with van der Waals surface area (Å²) in [5, 5.41) is 0. The lowest BCUT2D eigenvalue weighted by Gasteiger charge is -2.24. The molecule has 1 heterocycles. The Morgan fingerprint density at radius 1 is 0.800 bits per heavy atom. The molecule has 4 nitrogen and oxygen atoms in total. The van der Waals surface area contributed by atoms with Crippen LogP contribution >= 0.6 is 0 Å². The van der Waals surface area contributed by atoms with Crippen LogP contribution in [0.4, 0.5) is 0 Å². The van der Waals surface area contributed by atoms with E-state index >= 15 is 0 Å². The summed E-state index contributed by atoms with van der Waals surface area (Å²) >= 11 is 0. The van der Waals surface area contributed by atoms with Crippen molar-refractivity contribution >= 4 is 0 Å². The van der Waals surface area contributed by atoms with Crippen LogP contribution in [-0.4, -0.2) is 15.0 Å². The second-order valence-electron chi connectivity index (χ2n) is 13.6. The van der Waals surface area contributed by atoms with Gasteiger partial charge in [0.1, 0.15) is 0 Å². The van der Waals surface area contributed by atoms with Crippen LogP contribution in [0.1, 0.15) is 47.4 Å². The minimum absolute atomic E-state index is 0.200. The van der Waals surface area contributed by atoms with Crippen molar-refractivity contribution in [1.29, 1.82) is 0 Å². The molecule has 0 bridgehead atoms. The summed E-state index contributed by atoms with van der Waals surface area (Å²) in [5.74, 6) is 3.00. The van der Waals surface area contributed by atoms with Crippen LogP contribution in [0, 0.1) is 24.0 Å². The molecule has 4 aliphatic rings. The smallest absolute Gasteiger partial charge is 0.172 e. The van der Waals surface area contributed by atoms with Gasteiger partial charge in [-0.2, -0.15) is 0 Å². The minimum atomic E-state index is 0.200. The second kappa shape index (κ2) is 12.1. The Kier molecular flexibility index (Phi) is 7.29. The Morgan fingerprint density at radius 3 is 2.32 bits per heavy atom. The number of hydrogen-bond acceptors (Lipinski definition) is 4. The average molecular weight is 645 g/mol. The highest BCUT2D eigenvalue weighted by Crippen LogP contribution is 2.50. The van der Waals surface area contributed by atoms with E-state index in [9.17, 15) is 0 Å². The first-order valence-corrected chi connectivity index (χ1v) is 17.4. The molecule has 4 atom stereocenters. The fraction of sp³-hybridized carbons (Fsp3) is 0.152. The zero-order valence-corrected chi connectivity index (χ0v) is 28.0. The van der Waals surface area contributed by atoms with Gasteiger partial charge in [-0.1, -0.05) is 135 Å². The molecular formula is C46H36N4. The van der Waals surface area contributed by atoms with Crippen LogP contribution < -0.4 is 5.73 Å². The van der Waals surface area contributed by atoms with E-state index in [1.54, 1.807) is 6.08 Å². The summed E-state index contributed by atoms with van der Waals surface area (Å²) < 4.78 is 0. The Morgan fingerprint density at radius 2 is 1.54 bits per heavy atom. The van der Waals surface area contributed by atoms with Gasteiger partial charge in [0, 0.05) is 34.6 Å². The van der Waals surface area contributed by atoms with Gasteiger partial charge in [0.05, 0.1) is 5.56 Å². The Hall–Kier alpha value is -6.05. The van der Waals surface area contributed by atoms with Crippen molar-refractivity contribution in [1.82, 2.24) is 15.0 Å². The molecule has 0 fully saturated rings. The van der Waals surface area contributed by atoms with Gasteiger partial charge in [0.15, 0.2) is 17.5 Å². The van der Waals surface area contributed by atoms with E-state index in [2.05, 4.69) is 123 Å². The summed E-state index contributed by atoms with van der Waals surface area (Å²) in [7, 11) is 0. The highest BCUT2D eigenvalue weighted by Gasteiger charge is 2.35. The Bertz CT molecular complexity index is 2340. The lowest BCUT2D eigenvalue weighted by Crippen LogP contribution is -2.12. The van der Waals surface area contributed by atoms with Crippen molar-refractivity contribution < 1.29 is 0 Å². The summed E-state index contributed by atoms with van der Waals surface area (Å²) in [6.45, 7) is 6.08. The zero-order chi connectivity index (χ0) is 33.8. The zero-order valence-electron chi connectivity index (χ0n) is 28.0. The molecule has 0 spiro atoms. The van der Waals surface area contributed by atoms with Crippen molar-refractivity contribution in [3.8, 4) is 45.3 Å². The molecule has 0 saturated carbocycles. The SMILES string of the molecule is C=C/C=C(\N)C1C=CC(C2=CC3c4c(cccc4-c4nc(-c5c#cccc5)nc(-c5cccc6c5C(C)c5ccccc5-6)n4)CC3C=C2)=CC1. The molecule has 4 aliphatic carbocycles. The van der Waals surface area contributed by atoms with Crippen molar-refractivity contribution in [3.63, 3.8) is 0 Å². The molecule has 0 aliphatic heterocycles. The topological polar surface area (TPSA) is 64.7 Å².